The first-order chi connectivity index (χ1) is 10.1. The van der Waals surface area contributed by atoms with Crippen LogP contribution in [0.4, 0.5) is 0 Å². The van der Waals surface area contributed by atoms with E-state index in [-0.39, 0.29) is 6.04 Å². The lowest BCUT2D eigenvalue weighted by Crippen LogP contribution is -2.13. The Morgan fingerprint density at radius 3 is 2.33 bits per heavy atom. The Morgan fingerprint density at radius 1 is 0.857 bits per heavy atom. The molecule has 0 saturated heterocycles. The number of benzene rings is 3. The first kappa shape index (κ1) is 14.9. The van der Waals surface area contributed by atoms with Crippen molar-refractivity contribution in [3.63, 3.8) is 0 Å². The van der Waals surface area contributed by atoms with E-state index in [0.717, 1.165) is 26.4 Å². The van der Waals surface area contributed by atoms with E-state index in [2.05, 4.69) is 28.1 Å². The van der Waals surface area contributed by atoms with Crippen molar-refractivity contribution in [2.75, 3.05) is 0 Å². The van der Waals surface area contributed by atoms with E-state index in [0.29, 0.717) is 10.0 Å². The Morgan fingerprint density at radius 2 is 1.57 bits per heavy atom. The van der Waals surface area contributed by atoms with Crippen LogP contribution >= 0.6 is 39.1 Å². The van der Waals surface area contributed by atoms with Crippen LogP contribution in [0, 0.1) is 0 Å². The molecule has 1 unspecified atom stereocenters. The molecule has 1 nitrogen and oxygen atoms in total. The predicted octanol–water partition coefficient (Wildman–Crippen LogP) is 5.96. The van der Waals surface area contributed by atoms with Crippen molar-refractivity contribution < 1.29 is 0 Å². The molecule has 21 heavy (non-hydrogen) atoms. The number of rotatable bonds is 2. The van der Waals surface area contributed by atoms with Gasteiger partial charge in [-0.3, -0.25) is 0 Å². The summed E-state index contributed by atoms with van der Waals surface area (Å²) in [5, 5.41) is 3.49. The maximum absolute atomic E-state index is 6.44. The number of halogens is 3. The molecule has 3 aromatic rings. The van der Waals surface area contributed by atoms with Crippen molar-refractivity contribution in [1.29, 1.82) is 0 Å². The van der Waals surface area contributed by atoms with E-state index in [4.69, 9.17) is 28.9 Å². The van der Waals surface area contributed by atoms with E-state index in [1.807, 2.05) is 30.3 Å². The molecule has 3 aromatic carbocycles. The third-order valence-corrected chi connectivity index (χ3v) is 4.80. The first-order valence-corrected chi connectivity index (χ1v) is 8.00. The molecule has 0 aliphatic rings. The quantitative estimate of drug-likeness (QED) is 0.583. The SMILES string of the molecule is NC(c1cc(Cl)ccc1Cl)c1ccc(Br)c2ccccc12. The largest absolute Gasteiger partial charge is 0.320 e. The zero-order valence-corrected chi connectivity index (χ0v) is 14.1. The molecule has 2 N–H and O–H groups in total. The summed E-state index contributed by atoms with van der Waals surface area (Å²) in [6, 6.07) is 17.2. The lowest BCUT2D eigenvalue weighted by molar-refractivity contribution is 0.881. The van der Waals surface area contributed by atoms with Crippen molar-refractivity contribution in [3.05, 3.63) is 80.2 Å². The zero-order valence-electron chi connectivity index (χ0n) is 11.0. The van der Waals surface area contributed by atoms with Gasteiger partial charge in [-0.2, -0.15) is 0 Å². The molecule has 0 aromatic heterocycles. The van der Waals surface area contributed by atoms with E-state index in [9.17, 15) is 0 Å². The van der Waals surface area contributed by atoms with Crippen molar-refractivity contribution >= 4 is 49.9 Å². The predicted molar refractivity (Wildman–Crippen MR) is 94.1 cm³/mol. The molecular formula is C17H12BrCl2N. The second kappa shape index (κ2) is 5.98. The van der Waals surface area contributed by atoms with Gasteiger partial charge in [-0.05, 0) is 46.2 Å². The van der Waals surface area contributed by atoms with Gasteiger partial charge < -0.3 is 5.73 Å². The molecule has 1 atom stereocenters. The molecule has 0 aliphatic carbocycles. The normalized spacial score (nSPS) is 12.6. The zero-order chi connectivity index (χ0) is 15.0. The molecule has 0 amide bonds. The summed E-state index contributed by atoms with van der Waals surface area (Å²) in [7, 11) is 0. The van der Waals surface area contributed by atoms with Gasteiger partial charge in [0.1, 0.15) is 0 Å². The monoisotopic (exact) mass is 379 g/mol. The summed E-state index contributed by atoms with van der Waals surface area (Å²) in [4.78, 5) is 0. The van der Waals surface area contributed by atoms with Crippen LogP contribution in [0.25, 0.3) is 10.8 Å². The summed E-state index contributed by atoms with van der Waals surface area (Å²) in [5.41, 5.74) is 8.30. The van der Waals surface area contributed by atoms with Crippen molar-refractivity contribution in [2.45, 2.75) is 6.04 Å². The van der Waals surface area contributed by atoms with Crippen LogP contribution in [-0.2, 0) is 0 Å². The third kappa shape index (κ3) is 2.82. The molecule has 106 valence electrons. The summed E-state index contributed by atoms with van der Waals surface area (Å²) >= 11 is 15.9. The summed E-state index contributed by atoms with van der Waals surface area (Å²) in [5.74, 6) is 0. The number of hydrogen-bond donors (Lipinski definition) is 1. The van der Waals surface area contributed by atoms with E-state index < -0.39 is 0 Å². The standard InChI is InChI=1S/C17H12BrCl2N/c18-15-7-6-13(11-3-1-2-4-12(11)15)17(21)14-9-10(19)5-8-16(14)20/h1-9,17H,21H2. The molecule has 0 fully saturated rings. The number of nitrogens with two attached hydrogens (primary N) is 1. The molecule has 0 saturated carbocycles. The Bertz CT molecular complexity index is 817. The second-order valence-electron chi connectivity index (χ2n) is 4.83. The van der Waals surface area contributed by atoms with Gasteiger partial charge in [-0.1, -0.05) is 69.5 Å². The van der Waals surface area contributed by atoms with Gasteiger partial charge in [-0.15, -0.1) is 0 Å². The van der Waals surface area contributed by atoms with Crippen LogP contribution in [0.5, 0.6) is 0 Å². The van der Waals surface area contributed by atoms with Crippen LogP contribution in [-0.4, -0.2) is 0 Å². The molecule has 4 heteroatoms. The van der Waals surface area contributed by atoms with Gasteiger partial charge in [-0.25, -0.2) is 0 Å². The smallest absolute Gasteiger partial charge is 0.0573 e. The van der Waals surface area contributed by atoms with Crippen LogP contribution in [0.15, 0.2) is 59.1 Å². The number of hydrogen-bond acceptors (Lipinski definition) is 1. The van der Waals surface area contributed by atoms with E-state index >= 15 is 0 Å². The minimum Gasteiger partial charge on any atom is -0.320 e. The summed E-state index contributed by atoms with van der Waals surface area (Å²) in [6.45, 7) is 0. The van der Waals surface area contributed by atoms with Crippen LogP contribution < -0.4 is 5.73 Å². The molecule has 0 heterocycles. The third-order valence-electron chi connectivity index (χ3n) is 3.53. The molecule has 3 rings (SSSR count). The molecule has 0 radical (unpaired) electrons. The number of fused-ring (bicyclic) bond motifs is 1. The maximum Gasteiger partial charge on any atom is 0.0573 e. The van der Waals surface area contributed by atoms with Crippen molar-refractivity contribution in [2.24, 2.45) is 5.73 Å². The van der Waals surface area contributed by atoms with Gasteiger partial charge >= 0.3 is 0 Å². The van der Waals surface area contributed by atoms with Crippen LogP contribution in [0.3, 0.4) is 0 Å². The van der Waals surface area contributed by atoms with Gasteiger partial charge in [0.05, 0.1) is 6.04 Å². The fourth-order valence-corrected chi connectivity index (χ4v) is 3.37. The molecule has 0 bridgehead atoms. The highest BCUT2D eigenvalue weighted by Gasteiger charge is 2.16. The minimum absolute atomic E-state index is 0.325. The molecule has 0 spiro atoms. The Kier molecular flexibility index (Phi) is 4.23. The van der Waals surface area contributed by atoms with Crippen LogP contribution in [0.2, 0.25) is 10.0 Å². The summed E-state index contributed by atoms with van der Waals surface area (Å²) in [6.07, 6.45) is 0. The van der Waals surface area contributed by atoms with Gasteiger partial charge in [0.25, 0.3) is 0 Å². The van der Waals surface area contributed by atoms with Gasteiger partial charge in [0.15, 0.2) is 0 Å². The van der Waals surface area contributed by atoms with E-state index in [1.165, 1.54) is 0 Å². The average molecular weight is 381 g/mol. The first-order valence-electron chi connectivity index (χ1n) is 6.45. The lowest BCUT2D eigenvalue weighted by atomic mass is 9.94. The topological polar surface area (TPSA) is 26.0 Å². The van der Waals surface area contributed by atoms with Gasteiger partial charge in [0, 0.05) is 14.5 Å². The molecule has 0 aliphatic heterocycles. The van der Waals surface area contributed by atoms with Crippen molar-refractivity contribution in [3.8, 4) is 0 Å². The fourth-order valence-electron chi connectivity index (χ4n) is 2.48. The fraction of sp³-hybridized carbons (Fsp3) is 0.0588. The Balaban J connectivity index is 2.20. The maximum atomic E-state index is 6.44. The lowest BCUT2D eigenvalue weighted by Gasteiger charge is -2.17. The summed E-state index contributed by atoms with van der Waals surface area (Å²) < 4.78 is 1.05. The highest BCUT2D eigenvalue weighted by atomic mass is 79.9. The van der Waals surface area contributed by atoms with E-state index in [1.54, 1.807) is 12.1 Å². The Labute approximate surface area is 141 Å². The highest BCUT2D eigenvalue weighted by Crippen LogP contribution is 2.35. The molecular weight excluding hydrogens is 369 g/mol. The van der Waals surface area contributed by atoms with Gasteiger partial charge in [0.2, 0.25) is 0 Å². The Hall–Kier alpha value is -1.06. The highest BCUT2D eigenvalue weighted by molar-refractivity contribution is 9.10. The minimum atomic E-state index is -0.325. The second-order valence-corrected chi connectivity index (χ2v) is 6.52. The average Bonchev–Trinajstić information content (AvgIpc) is 2.50. The van der Waals surface area contributed by atoms with Crippen molar-refractivity contribution in [1.82, 2.24) is 0 Å². The van der Waals surface area contributed by atoms with Crippen LogP contribution in [0.1, 0.15) is 17.2 Å².